The normalized spacial score (nSPS) is 15.8. The molecule has 0 spiro atoms. The van der Waals surface area contributed by atoms with Crippen LogP contribution in [0.4, 0.5) is 5.82 Å². The van der Waals surface area contributed by atoms with Crippen molar-refractivity contribution in [1.82, 2.24) is 23.7 Å². The topological polar surface area (TPSA) is 109 Å². The van der Waals surface area contributed by atoms with Gasteiger partial charge in [-0.1, -0.05) is 30.3 Å². The van der Waals surface area contributed by atoms with E-state index in [0.29, 0.717) is 36.6 Å². The number of aryl methyl sites for hydroxylation is 1. The Balaban J connectivity index is 1.34. The number of H-pyrrole nitrogens is 1. The summed E-state index contributed by atoms with van der Waals surface area (Å²) in [6.07, 6.45) is 4.92. The SMILES string of the molecule is Cc1cccc(S(=O)(=O)N2CCC(c3nc(-c4cc5ccccc5[nH]4)c4c(N)nccn34)CC2)c1. The minimum Gasteiger partial charge on any atom is -0.382 e. The van der Waals surface area contributed by atoms with Crippen molar-refractivity contribution in [1.29, 1.82) is 0 Å². The molecule has 4 heterocycles. The van der Waals surface area contributed by atoms with Crippen LogP contribution in [-0.4, -0.2) is 45.2 Å². The van der Waals surface area contributed by atoms with Crippen LogP contribution in [0.15, 0.2) is 71.9 Å². The molecular weight excluding hydrogens is 460 g/mol. The number of sulfonamides is 1. The summed E-state index contributed by atoms with van der Waals surface area (Å²) in [5.74, 6) is 1.40. The van der Waals surface area contributed by atoms with Gasteiger partial charge in [0.05, 0.1) is 10.6 Å². The first kappa shape index (κ1) is 21.8. The summed E-state index contributed by atoms with van der Waals surface area (Å²) >= 11 is 0. The number of rotatable bonds is 4. The van der Waals surface area contributed by atoms with Crippen molar-refractivity contribution in [3.8, 4) is 11.4 Å². The highest BCUT2D eigenvalue weighted by molar-refractivity contribution is 7.89. The molecule has 1 saturated heterocycles. The fourth-order valence-corrected chi connectivity index (χ4v) is 6.62. The van der Waals surface area contributed by atoms with Gasteiger partial charge in [-0.3, -0.25) is 4.40 Å². The number of benzene rings is 2. The van der Waals surface area contributed by atoms with E-state index < -0.39 is 10.0 Å². The molecule has 6 rings (SSSR count). The predicted molar refractivity (Wildman–Crippen MR) is 137 cm³/mol. The molecule has 9 heteroatoms. The number of imidazole rings is 1. The average molecular weight is 487 g/mol. The summed E-state index contributed by atoms with van der Waals surface area (Å²) in [7, 11) is -3.52. The Kier molecular flexibility index (Phi) is 5.12. The van der Waals surface area contributed by atoms with Gasteiger partial charge in [0.15, 0.2) is 0 Å². The Labute approximate surface area is 203 Å². The minimum atomic E-state index is -3.52. The van der Waals surface area contributed by atoms with Crippen molar-refractivity contribution in [2.24, 2.45) is 0 Å². The summed E-state index contributed by atoms with van der Waals surface area (Å²) in [5, 5.41) is 1.10. The highest BCUT2D eigenvalue weighted by Crippen LogP contribution is 2.36. The van der Waals surface area contributed by atoms with E-state index in [4.69, 9.17) is 10.7 Å². The maximum Gasteiger partial charge on any atom is 0.243 e. The molecule has 1 fully saturated rings. The van der Waals surface area contributed by atoms with Crippen LogP contribution in [0.5, 0.6) is 0 Å². The van der Waals surface area contributed by atoms with E-state index in [1.54, 1.807) is 28.7 Å². The molecule has 5 aromatic rings. The quantitative estimate of drug-likeness (QED) is 0.393. The van der Waals surface area contributed by atoms with E-state index in [2.05, 4.69) is 22.1 Å². The number of piperidine rings is 1. The van der Waals surface area contributed by atoms with Gasteiger partial charge in [0.25, 0.3) is 0 Å². The van der Waals surface area contributed by atoms with E-state index in [9.17, 15) is 8.42 Å². The monoisotopic (exact) mass is 486 g/mol. The van der Waals surface area contributed by atoms with Crippen molar-refractivity contribution in [2.75, 3.05) is 18.8 Å². The summed E-state index contributed by atoms with van der Waals surface area (Å²) in [6.45, 7) is 2.79. The lowest BCUT2D eigenvalue weighted by molar-refractivity contribution is 0.313. The Morgan fingerprint density at radius 1 is 1.06 bits per heavy atom. The second-order valence-electron chi connectivity index (χ2n) is 9.11. The van der Waals surface area contributed by atoms with Crippen molar-refractivity contribution < 1.29 is 8.42 Å². The van der Waals surface area contributed by atoms with Crippen LogP contribution in [0.3, 0.4) is 0 Å². The fraction of sp³-hybridized carbons (Fsp3) is 0.231. The van der Waals surface area contributed by atoms with Crippen LogP contribution in [-0.2, 0) is 10.0 Å². The van der Waals surface area contributed by atoms with Gasteiger partial charge in [0.2, 0.25) is 10.0 Å². The molecule has 1 aliphatic heterocycles. The number of fused-ring (bicyclic) bond motifs is 2. The lowest BCUT2D eigenvalue weighted by atomic mass is 9.97. The zero-order valence-electron chi connectivity index (χ0n) is 19.3. The first-order chi connectivity index (χ1) is 16.9. The highest BCUT2D eigenvalue weighted by Gasteiger charge is 2.32. The first-order valence-electron chi connectivity index (χ1n) is 11.7. The van der Waals surface area contributed by atoms with Gasteiger partial charge in [-0.05, 0) is 49.6 Å². The summed E-state index contributed by atoms with van der Waals surface area (Å²) in [6, 6.07) is 17.2. The number of hydrogen-bond donors (Lipinski definition) is 2. The fourth-order valence-electron chi connectivity index (χ4n) is 5.04. The summed E-state index contributed by atoms with van der Waals surface area (Å²) in [4.78, 5) is 13.1. The molecule has 178 valence electrons. The second-order valence-corrected chi connectivity index (χ2v) is 11.1. The Bertz CT molecular complexity index is 1630. The third kappa shape index (κ3) is 3.67. The Hall–Kier alpha value is -3.69. The van der Waals surface area contributed by atoms with Crippen LogP contribution in [0, 0.1) is 6.92 Å². The van der Waals surface area contributed by atoms with Crippen LogP contribution in [0.2, 0.25) is 0 Å². The van der Waals surface area contributed by atoms with Crippen molar-refractivity contribution in [3.05, 3.63) is 78.4 Å². The predicted octanol–water partition coefficient (Wildman–Crippen LogP) is 4.34. The molecule has 0 saturated carbocycles. The zero-order valence-corrected chi connectivity index (χ0v) is 20.2. The standard InChI is InChI=1S/C26H26N6O2S/c1-17-5-4-7-20(15-17)35(33,34)31-12-9-18(10-13-31)26-30-23(24-25(27)28-11-14-32(24)26)22-16-19-6-2-3-8-21(19)29-22/h2-8,11,14-16,18,29H,9-10,12-13H2,1H3,(H2,27,28). The summed E-state index contributed by atoms with van der Waals surface area (Å²) < 4.78 is 30.0. The lowest BCUT2D eigenvalue weighted by Gasteiger charge is -2.30. The molecule has 3 aromatic heterocycles. The number of hydrogen-bond acceptors (Lipinski definition) is 5. The Morgan fingerprint density at radius 2 is 1.86 bits per heavy atom. The molecule has 0 bridgehead atoms. The van der Waals surface area contributed by atoms with Gasteiger partial charge in [-0.2, -0.15) is 4.31 Å². The molecule has 8 nitrogen and oxygen atoms in total. The van der Waals surface area contributed by atoms with Gasteiger partial charge >= 0.3 is 0 Å². The molecule has 2 aromatic carbocycles. The molecule has 3 N–H and O–H groups in total. The maximum atomic E-state index is 13.2. The molecule has 0 atom stereocenters. The number of aromatic amines is 1. The smallest absolute Gasteiger partial charge is 0.243 e. The van der Waals surface area contributed by atoms with Crippen molar-refractivity contribution in [3.63, 3.8) is 0 Å². The van der Waals surface area contributed by atoms with Crippen LogP contribution >= 0.6 is 0 Å². The molecule has 0 unspecified atom stereocenters. The van der Waals surface area contributed by atoms with Gasteiger partial charge in [0, 0.05) is 42.3 Å². The second kappa shape index (κ2) is 8.21. The van der Waals surface area contributed by atoms with Crippen molar-refractivity contribution in [2.45, 2.75) is 30.6 Å². The number of anilines is 1. The molecule has 35 heavy (non-hydrogen) atoms. The molecule has 1 aliphatic rings. The number of nitrogens with one attached hydrogen (secondary N) is 1. The zero-order chi connectivity index (χ0) is 24.2. The molecule has 0 aliphatic carbocycles. The minimum absolute atomic E-state index is 0.103. The number of nitrogens with zero attached hydrogens (tertiary/aromatic N) is 4. The largest absolute Gasteiger partial charge is 0.382 e. The lowest BCUT2D eigenvalue weighted by Crippen LogP contribution is -2.38. The summed E-state index contributed by atoms with van der Waals surface area (Å²) in [5.41, 5.74) is 10.7. The molecular formula is C26H26N6O2S. The number of nitrogens with two attached hydrogens (primary N) is 1. The van der Waals surface area contributed by atoms with Gasteiger partial charge < -0.3 is 10.7 Å². The number of aromatic nitrogens is 4. The molecule has 0 radical (unpaired) electrons. The third-order valence-electron chi connectivity index (χ3n) is 6.84. The van der Waals surface area contributed by atoms with Crippen LogP contribution in [0.25, 0.3) is 27.8 Å². The van der Waals surface area contributed by atoms with E-state index in [1.165, 1.54) is 0 Å². The van der Waals surface area contributed by atoms with Gasteiger partial charge in [-0.25, -0.2) is 18.4 Å². The molecule has 0 amide bonds. The maximum absolute atomic E-state index is 13.2. The van der Waals surface area contributed by atoms with Gasteiger partial charge in [0.1, 0.15) is 22.9 Å². The first-order valence-corrected chi connectivity index (χ1v) is 13.1. The average Bonchev–Trinajstić information content (AvgIpc) is 3.47. The van der Waals surface area contributed by atoms with Crippen LogP contribution < -0.4 is 5.73 Å². The third-order valence-corrected chi connectivity index (χ3v) is 8.74. The van der Waals surface area contributed by atoms with Gasteiger partial charge in [-0.15, -0.1) is 0 Å². The van der Waals surface area contributed by atoms with E-state index in [0.717, 1.165) is 39.2 Å². The van der Waals surface area contributed by atoms with E-state index in [1.807, 2.05) is 41.8 Å². The van der Waals surface area contributed by atoms with E-state index >= 15 is 0 Å². The number of nitrogen functional groups attached to an aromatic ring is 1. The van der Waals surface area contributed by atoms with Crippen molar-refractivity contribution >= 4 is 32.3 Å². The Morgan fingerprint density at radius 3 is 2.63 bits per heavy atom. The van der Waals surface area contributed by atoms with Crippen LogP contribution in [0.1, 0.15) is 30.1 Å². The van der Waals surface area contributed by atoms with E-state index in [-0.39, 0.29) is 5.92 Å². The number of para-hydroxylation sites is 1. The highest BCUT2D eigenvalue weighted by atomic mass is 32.2.